The van der Waals surface area contributed by atoms with Crippen LogP contribution < -0.4 is 0 Å². The Labute approximate surface area is 86.0 Å². The van der Waals surface area contributed by atoms with Gasteiger partial charge in [0, 0.05) is 6.54 Å². The van der Waals surface area contributed by atoms with Gasteiger partial charge in [0.15, 0.2) is 5.82 Å². The van der Waals surface area contributed by atoms with Crippen LogP contribution in [-0.2, 0) is 12.4 Å². The topological polar surface area (TPSA) is 43.6 Å². The Morgan fingerprint density at radius 1 is 1.62 bits per heavy atom. The third-order valence-corrected chi connectivity index (χ3v) is 3.65. The van der Waals surface area contributed by atoms with E-state index in [9.17, 15) is 0 Å². The highest BCUT2D eigenvalue weighted by Crippen LogP contribution is 2.24. The van der Waals surface area contributed by atoms with E-state index in [0.717, 1.165) is 18.3 Å². The molecular weight excluding hydrogens is 208 g/mol. The maximum absolute atomic E-state index is 5.69. The second kappa shape index (κ2) is 4.28. The lowest BCUT2D eigenvalue weighted by atomic mass is 10.1. The molecule has 0 amide bonds. The Morgan fingerprint density at radius 3 is 3.23 bits per heavy atom. The van der Waals surface area contributed by atoms with E-state index in [4.69, 9.17) is 11.6 Å². The van der Waals surface area contributed by atoms with Gasteiger partial charge in [0.1, 0.15) is 0 Å². The Balaban J connectivity index is 1.99. The number of thioether (sulfide) groups is 1. The standard InChI is InChI=1S/C7H11ClN4S/c8-3-7-9-10-11-12(7)4-6-1-2-13-5-6/h6H,1-5H2. The fourth-order valence-electron chi connectivity index (χ4n) is 1.43. The molecule has 0 N–H and O–H groups in total. The summed E-state index contributed by atoms with van der Waals surface area (Å²) < 4.78 is 1.82. The van der Waals surface area contributed by atoms with Crippen LogP contribution in [0.3, 0.4) is 0 Å². The van der Waals surface area contributed by atoms with Gasteiger partial charge in [-0.05, 0) is 34.3 Å². The maximum atomic E-state index is 5.69. The quantitative estimate of drug-likeness (QED) is 0.715. The molecule has 0 aromatic carbocycles. The van der Waals surface area contributed by atoms with Crippen molar-refractivity contribution in [3.8, 4) is 0 Å². The molecule has 1 aromatic rings. The first-order valence-electron chi connectivity index (χ1n) is 4.29. The first-order valence-corrected chi connectivity index (χ1v) is 5.98. The van der Waals surface area contributed by atoms with Crippen LogP contribution in [0.15, 0.2) is 0 Å². The van der Waals surface area contributed by atoms with Gasteiger partial charge in [-0.25, -0.2) is 4.68 Å². The SMILES string of the molecule is ClCc1nnnn1CC1CCSC1. The van der Waals surface area contributed by atoms with Gasteiger partial charge < -0.3 is 0 Å². The van der Waals surface area contributed by atoms with Crippen LogP contribution >= 0.6 is 23.4 Å². The van der Waals surface area contributed by atoms with Crippen molar-refractivity contribution in [2.45, 2.75) is 18.8 Å². The van der Waals surface area contributed by atoms with Gasteiger partial charge in [-0.2, -0.15) is 11.8 Å². The zero-order valence-electron chi connectivity index (χ0n) is 7.19. The van der Waals surface area contributed by atoms with E-state index in [-0.39, 0.29) is 0 Å². The second-order valence-corrected chi connectivity index (χ2v) is 4.56. The monoisotopic (exact) mass is 218 g/mol. The molecule has 1 unspecified atom stereocenters. The number of halogens is 1. The fourth-order valence-corrected chi connectivity index (χ4v) is 2.90. The number of hydrogen-bond acceptors (Lipinski definition) is 4. The maximum Gasteiger partial charge on any atom is 0.166 e. The van der Waals surface area contributed by atoms with Gasteiger partial charge in [0.25, 0.3) is 0 Å². The van der Waals surface area contributed by atoms with Crippen LogP contribution in [-0.4, -0.2) is 31.7 Å². The van der Waals surface area contributed by atoms with Crippen LogP contribution in [0.25, 0.3) is 0 Å². The highest BCUT2D eigenvalue weighted by molar-refractivity contribution is 7.99. The molecule has 1 aliphatic rings. The van der Waals surface area contributed by atoms with E-state index < -0.39 is 0 Å². The summed E-state index contributed by atoms with van der Waals surface area (Å²) in [5.74, 6) is 4.38. The zero-order valence-corrected chi connectivity index (χ0v) is 8.76. The van der Waals surface area contributed by atoms with E-state index in [1.807, 2.05) is 16.4 Å². The minimum absolute atomic E-state index is 0.396. The predicted octanol–water partition coefficient (Wildman–Crippen LogP) is 1.16. The molecule has 2 heterocycles. The lowest BCUT2D eigenvalue weighted by molar-refractivity contribution is 0.442. The van der Waals surface area contributed by atoms with Crippen LogP contribution in [0.1, 0.15) is 12.2 Å². The lowest BCUT2D eigenvalue weighted by Crippen LogP contribution is -2.13. The van der Waals surface area contributed by atoms with Crippen LogP contribution in [0, 0.1) is 5.92 Å². The molecule has 1 atom stereocenters. The second-order valence-electron chi connectivity index (χ2n) is 3.14. The molecule has 1 fully saturated rings. The van der Waals surface area contributed by atoms with Crippen molar-refractivity contribution in [1.82, 2.24) is 20.2 Å². The molecule has 0 radical (unpaired) electrons. The van der Waals surface area contributed by atoms with Crippen molar-refractivity contribution in [1.29, 1.82) is 0 Å². The minimum Gasteiger partial charge on any atom is -0.228 e. The molecule has 0 spiro atoms. The largest absolute Gasteiger partial charge is 0.228 e. The number of rotatable bonds is 3. The van der Waals surface area contributed by atoms with Crippen molar-refractivity contribution >= 4 is 23.4 Å². The van der Waals surface area contributed by atoms with E-state index in [2.05, 4.69) is 15.5 Å². The first-order chi connectivity index (χ1) is 6.40. The molecule has 0 saturated carbocycles. The minimum atomic E-state index is 0.396. The van der Waals surface area contributed by atoms with Gasteiger partial charge in [-0.3, -0.25) is 0 Å². The van der Waals surface area contributed by atoms with Crippen molar-refractivity contribution in [3.63, 3.8) is 0 Å². The number of hydrogen-bond donors (Lipinski definition) is 0. The van der Waals surface area contributed by atoms with Crippen molar-refractivity contribution in [2.24, 2.45) is 5.92 Å². The van der Waals surface area contributed by atoms with Crippen molar-refractivity contribution < 1.29 is 0 Å². The summed E-state index contributed by atoms with van der Waals surface area (Å²) in [4.78, 5) is 0. The molecular formula is C7H11ClN4S. The summed E-state index contributed by atoms with van der Waals surface area (Å²) in [5.41, 5.74) is 0. The summed E-state index contributed by atoms with van der Waals surface area (Å²) in [5, 5.41) is 11.4. The predicted molar refractivity (Wildman–Crippen MR) is 52.8 cm³/mol. The third-order valence-electron chi connectivity index (χ3n) is 2.18. The normalized spacial score (nSPS) is 22.4. The Bertz CT molecular complexity index is 271. The molecule has 1 aromatic heterocycles. The van der Waals surface area contributed by atoms with E-state index in [0.29, 0.717) is 5.88 Å². The summed E-state index contributed by atoms with van der Waals surface area (Å²) in [6, 6.07) is 0. The number of nitrogens with zero attached hydrogens (tertiary/aromatic N) is 4. The van der Waals surface area contributed by atoms with Crippen LogP contribution in [0.2, 0.25) is 0 Å². The van der Waals surface area contributed by atoms with Gasteiger partial charge >= 0.3 is 0 Å². The fraction of sp³-hybridized carbons (Fsp3) is 0.857. The zero-order chi connectivity index (χ0) is 9.10. The molecule has 6 heteroatoms. The van der Waals surface area contributed by atoms with E-state index in [1.165, 1.54) is 17.9 Å². The molecule has 2 rings (SSSR count). The molecule has 0 aliphatic carbocycles. The average molecular weight is 219 g/mol. The third kappa shape index (κ3) is 2.14. The van der Waals surface area contributed by atoms with Crippen LogP contribution in [0.5, 0.6) is 0 Å². The lowest BCUT2D eigenvalue weighted by Gasteiger charge is -2.07. The van der Waals surface area contributed by atoms with Gasteiger partial charge in [0.2, 0.25) is 0 Å². The molecule has 13 heavy (non-hydrogen) atoms. The van der Waals surface area contributed by atoms with Gasteiger partial charge in [-0.1, -0.05) is 0 Å². The molecule has 0 bridgehead atoms. The summed E-state index contributed by atoms with van der Waals surface area (Å²) >= 11 is 7.69. The van der Waals surface area contributed by atoms with E-state index in [1.54, 1.807) is 0 Å². The molecule has 1 saturated heterocycles. The molecule has 1 aliphatic heterocycles. The highest BCUT2D eigenvalue weighted by atomic mass is 35.5. The van der Waals surface area contributed by atoms with Gasteiger partial charge in [0.05, 0.1) is 5.88 Å². The highest BCUT2D eigenvalue weighted by Gasteiger charge is 2.17. The van der Waals surface area contributed by atoms with E-state index >= 15 is 0 Å². The number of alkyl halides is 1. The first kappa shape index (κ1) is 9.27. The smallest absolute Gasteiger partial charge is 0.166 e. The average Bonchev–Trinajstić information content (AvgIpc) is 2.76. The van der Waals surface area contributed by atoms with Crippen molar-refractivity contribution in [3.05, 3.63) is 5.82 Å². The number of tetrazole rings is 1. The Kier molecular flexibility index (Phi) is 3.05. The van der Waals surface area contributed by atoms with Crippen molar-refractivity contribution in [2.75, 3.05) is 11.5 Å². The molecule has 4 nitrogen and oxygen atoms in total. The summed E-state index contributed by atoms with van der Waals surface area (Å²) in [6.45, 7) is 0.919. The Morgan fingerprint density at radius 2 is 2.54 bits per heavy atom. The number of aromatic nitrogens is 4. The summed E-state index contributed by atoms with van der Waals surface area (Å²) in [7, 11) is 0. The van der Waals surface area contributed by atoms with Gasteiger partial charge in [-0.15, -0.1) is 16.7 Å². The molecule has 72 valence electrons. The Hall–Kier alpha value is -0.290. The summed E-state index contributed by atoms with van der Waals surface area (Å²) in [6.07, 6.45) is 1.27. The van der Waals surface area contributed by atoms with Crippen LogP contribution in [0.4, 0.5) is 0 Å².